The van der Waals surface area contributed by atoms with Crippen molar-refractivity contribution in [3.63, 3.8) is 0 Å². The number of carbonyl (C=O) groups is 1. The lowest BCUT2D eigenvalue weighted by Crippen LogP contribution is -2.24. The van der Waals surface area contributed by atoms with E-state index >= 15 is 0 Å². The van der Waals surface area contributed by atoms with Crippen LogP contribution in [0.2, 0.25) is 0 Å². The minimum absolute atomic E-state index is 0.320. The highest BCUT2D eigenvalue weighted by molar-refractivity contribution is 6.03. The summed E-state index contributed by atoms with van der Waals surface area (Å²) in [6.07, 6.45) is 9.98. The molecule has 3 rings (SSSR count). The number of hydrogen-bond donors (Lipinski definition) is 2. The van der Waals surface area contributed by atoms with E-state index in [1.807, 2.05) is 43.3 Å². The lowest BCUT2D eigenvalue weighted by atomic mass is 9.97. The van der Waals surface area contributed by atoms with Gasteiger partial charge in [-0.25, -0.2) is 10.5 Å². The Labute approximate surface area is 227 Å². The second-order valence-electron chi connectivity index (χ2n) is 8.73. The minimum atomic E-state index is -0.431. The first-order chi connectivity index (χ1) is 18.4. The SMILES string of the molecule is C=Cc1c(/C=C\C)nc(-c2ccc(-c3ccc(C)cc3)cc2)c(OC)c1C(=O)NOC.CCCCCCO. The van der Waals surface area contributed by atoms with Crippen LogP contribution in [-0.4, -0.2) is 36.8 Å². The van der Waals surface area contributed by atoms with Gasteiger partial charge in [0.1, 0.15) is 5.69 Å². The van der Waals surface area contributed by atoms with Gasteiger partial charge in [0.05, 0.1) is 25.5 Å². The Kier molecular flexibility index (Phi) is 13.0. The van der Waals surface area contributed by atoms with Gasteiger partial charge in [-0.2, -0.15) is 0 Å². The highest BCUT2D eigenvalue weighted by atomic mass is 16.6. The topological polar surface area (TPSA) is 80.7 Å². The van der Waals surface area contributed by atoms with Crippen LogP contribution in [0.25, 0.3) is 34.5 Å². The number of benzene rings is 2. The number of aryl methyl sites for hydroxylation is 1. The summed E-state index contributed by atoms with van der Waals surface area (Å²) in [7, 11) is 2.91. The van der Waals surface area contributed by atoms with E-state index in [1.54, 1.807) is 6.08 Å². The molecule has 2 N–H and O–H groups in total. The fourth-order valence-electron chi connectivity index (χ4n) is 3.96. The van der Waals surface area contributed by atoms with E-state index in [4.69, 9.17) is 19.7 Å². The molecule has 2 aromatic carbocycles. The number of rotatable bonds is 11. The Morgan fingerprint density at radius 3 is 2.11 bits per heavy atom. The molecule has 0 spiro atoms. The lowest BCUT2D eigenvalue weighted by Gasteiger charge is -2.17. The van der Waals surface area contributed by atoms with Crippen molar-refractivity contribution in [3.05, 3.63) is 83.6 Å². The van der Waals surface area contributed by atoms with E-state index in [2.05, 4.69) is 50.2 Å². The van der Waals surface area contributed by atoms with Gasteiger partial charge in [0.15, 0.2) is 5.75 Å². The van der Waals surface area contributed by atoms with Gasteiger partial charge in [-0.3, -0.25) is 9.63 Å². The number of nitrogens with one attached hydrogen (secondary N) is 1. The molecule has 38 heavy (non-hydrogen) atoms. The molecule has 0 aliphatic heterocycles. The fraction of sp³-hybridized carbons (Fsp3) is 0.312. The Morgan fingerprint density at radius 1 is 1.00 bits per heavy atom. The summed E-state index contributed by atoms with van der Waals surface area (Å²) in [4.78, 5) is 22.4. The van der Waals surface area contributed by atoms with Gasteiger partial charge in [-0.1, -0.05) is 99.0 Å². The molecular weight excluding hydrogens is 476 g/mol. The molecule has 3 aromatic rings. The number of pyridine rings is 1. The molecule has 0 unspecified atom stereocenters. The monoisotopic (exact) mass is 516 g/mol. The summed E-state index contributed by atoms with van der Waals surface area (Å²) in [6.45, 7) is 10.3. The van der Waals surface area contributed by atoms with Gasteiger partial charge < -0.3 is 9.84 Å². The lowest BCUT2D eigenvalue weighted by molar-refractivity contribution is 0.0534. The third kappa shape index (κ3) is 8.13. The zero-order valence-corrected chi connectivity index (χ0v) is 23.2. The Morgan fingerprint density at radius 2 is 1.61 bits per heavy atom. The zero-order chi connectivity index (χ0) is 27.9. The molecule has 1 heterocycles. The smallest absolute Gasteiger partial charge is 0.279 e. The number of aliphatic hydroxyl groups excluding tert-OH is 1. The van der Waals surface area contributed by atoms with Crippen molar-refractivity contribution in [1.29, 1.82) is 0 Å². The van der Waals surface area contributed by atoms with Crippen molar-refractivity contribution >= 4 is 18.1 Å². The molecule has 0 bridgehead atoms. The van der Waals surface area contributed by atoms with E-state index in [1.165, 1.54) is 39.0 Å². The molecule has 6 nitrogen and oxygen atoms in total. The minimum Gasteiger partial charge on any atom is -0.494 e. The van der Waals surface area contributed by atoms with Crippen LogP contribution in [0.15, 0.2) is 61.2 Å². The number of hydrogen-bond acceptors (Lipinski definition) is 5. The molecule has 0 fully saturated rings. The van der Waals surface area contributed by atoms with Gasteiger partial charge in [0.25, 0.3) is 5.91 Å². The van der Waals surface area contributed by atoms with E-state index in [-0.39, 0.29) is 0 Å². The van der Waals surface area contributed by atoms with Gasteiger partial charge in [0, 0.05) is 17.7 Å². The number of aromatic nitrogens is 1. The Hall–Kier alpha value is -3.74. The number of unbranched alkanes of at least 4 members (excludes halogenated alkanes) is 3. The van der Waals surface area contributed by atoms with Crippen molar-refractivity contribution < 1.29 is 19.5 Å². The van der Waals surface area contributed by atoms with Crippen molar-refractivity contribution in [2.75, 3.05) is 20.8 Å². The maximum atomic E-state index is 12.8. The quantitative estimate of drug-likeness (QED) is 0.207. The number of aliphatic hydroxyl groups is 1. The molecule has 0 saturated carbocycles. The van der Waals surface area contributed by atoms with Crippen LogP contribution in [0.1, 0.15) is 66.7 Å². The molecule has 0 aliphatic carbocycles. The summed E-state index contributed by atoms with van der Waals surface area (Å²) in [6, 6.07) is 16.4. The van der Waals surface area contributed by atoms with Gasteiger partial charge >= 0.3 is 0 Å². The Bertz CT molecular complexity index is 1200. The summed E-state index contributed by atoms with van der Waals surface area (Å²) in [5.74, 6) is -0.0688. The average Bonchev–Trinajstić information content (AvgIpc) is 2.94. The number of ether oxygens (including phenoxy) is 1. The molecule has 202 valence electrons. The van der Waals surface area contributed by atoms with Gasteiger partial charge in [-0.15, -0.1) is 0 Å². The summed E-state index contributed by atoms with van der Waals surface area (Å²) in [5.41, 5.74) is 8.74. The molecule has 0 atom stereocenters. The predicted molar refractivity (Wildman–Crippen MR) is 157 cm³/mol. The van der Waals surface area contributed by atoms with E-state index in [0.29, 0.717) is 34.9 Å². The highest BCUT2D eigenvalue weighted by Gasteiger charge is 2.24. The van der Waals surface area contributed by atoms with Crippen LogP contribution in [-0.2, 0) is 4.84 Å². The van der Waals surface area contributed by atoms with Crippen LogP contribution >= 0.6 is 0 Å². The third-order valence-electron chi connectivity index (χ3n) is 5.93. The standard InChI is InChI=1S/C26H26N2O3.C6H14O/c1-6-8-22-21(7-2)23(26(29)28-31-5)25(30-4)24(27-22)20-15-13-19(14-16-20)18-11-9-17(3)10-12-18;1-2-3-4-5-6-7/h6-16H,2H2,1,3-5H3,(H,28,29);7H,2-6H2,1H3/b8-6-;. The first-order valence-corrected chi connectivity index (χ1v) is 12.9. The first-order valence-electron chi connectivity index (χ1n) is 12.9. The predicted octanol–water partition coefficient (Wildman–Crippen LogP) is 7.26. The number of methoxy groups -OCH3 is 1. The highest BCUT2D eigenvalue weighted by Crippen LogP contribution is 2.37. The molecular formula is C32H40N2O4. The number of amides is 1. The average molecular weight is 517 g/mol. The van der Waals surface area contributed by atoms with Crippen LogP contribution < -0.4 is 10.2 Å². The van der Waals surface area contributed by atoms with Crippen molar-refractivity contribution in [2.45, 2.75) is 46.5 Å². The van der Waals surface area contributed by atoms with E-state index in [9.17, 15) is 4.79 Å². The number of hydroxylamine groups is 1. The second kappa shape index (κ2) is 16.2. The van der Waals surface area contributed by atoms with Crippen molar-refractivity contribution in [2.24, 2.45) is 0 Å². The van der Waals surface area contributed by atoms with Crippen LogP contribution in [0.3, 0.4) is 0 Å². The van der Waals surface area contributed by atoms with Crippen LogP contribution in [0.4, 0.5) is 0 Å². The summed E-state index contributed by atoms with van der Waals surface area (Å²) < 4.78 is 5.65. The normalized spacial score (nSPS) is 10.6. The van der Waals surface area contributed by atoms with Gasteiger partial charge in [-0.05, 0) is 37.5 Å². The zero-order valence-electron chi connectivity index (χ0n) is 23.2. The molecule has 1 amide bonds. The molecule has 0 radical (unpaired) electrons. The molecule has 6 heteroatoms. The van der Waals surface area contributed by atoms with E-state index < -0.39 is 5.91 Å². The largest absolute Gasteiger partial charge is 0.494 e. The maximum Gasteiger partial charge on any atom is 0.279 e. The number of nitrogens with zero attached hydrogens (tertiary/aromatic N) is 1. The summed E-state index contributed by atoms with van der Waals surface area (Å²) in [5, 5.41) is 8.29. The maximum absolute atomic E-state index is 12.8. The second-order valence-corrected chi connectivity index (χ2v) is 8.73. The fourth-order valence-corrected chi connectivity index (χ4v) is 3.96. The van der Waals surface area contributed by atoms with E-state index in [0.717, 1.165) is 23.1 Å². The molecule has 0 aliphatic rings. The van der Waals surface area contributed by atoms with Gasteiger partial charge in [0.2, 0.25) is 0 Å². The van der Waals surface area contributed by atoms with Crippen LogP contribution in [0.5, 0.6) is 5.75 Å². The van der Waals surface area contributed by atoms with Crippen molar-refractivity contribution in [3.8, 4) is 28.1 Å². The number of carbonyl (C=O) groups excluding carboxylic acids is 1. The number of allylic oxidation sites excluding steroid dienone is 1. The Balaban J connectivity index is 0.000000638. The van der Waals surface area contributed by atoms with Crippen molar-refractivity contribution in [1.82, 2.24) is 10.5 Å². The first kappa shape index (κ1) is 30.5. The molecule has 1 aromatic heterocycles. The summed E-state index contributed by atoms with van der Waals surface area (Å²) >= 11 is 0. The molecule has 0 saturated heterocycles. The van der Waals surface area contributed by atoms with Crippen LogP contribution in [0, 0.1) is 6.92 Å². The third-order valence-corrected chi connectivity index (χ3v) is 5.93.